The number of halogens is 3. The fourth-order valence-electron chi connectivity index (χ4n) is 1.84. The second-order valence-electron chi connectivity index (χ2n) is 4.33. The maximum absolute atomic E-state index is 13.9. The normalized spacial score (nSPS) is 11.0. The lowest BCUT2D eigenvalue weighted by atomic mass is 10.1. The first kappa shape index (κ1) is 14.2. The molecule has 0 aliphatic heterocycles. The van der Waals surface area contributed by atoms with Crippen LogP contribution in [0.3, 0.4) is 0 Å². The molecule has 17 heavy (non-hydrogen) atoms. The van der Waals surface area contributed by atoms with Gasteiger partial charge in [0.1, 0.15) is 17.3 Å². The molecule has 0 saturated heterocycles. The minimum atomic E-state index is -0.539. The first-order chi connectivity index (χ1) is 8.01. The van der Waals surface area contributed by atoms with Gasteiger partial charge in [0, 0.05) is 18.5 Å². The highest BCUT2D eigenvalue weighted by Crippen LogP contribution is 2.27. The Bertz CT molecular complexity index is 357. The van der Waals surface area contributed by atoms with Crippen LogP contribution >= 0.6 is 11.6 Å². The number of hydrogen-bond acceptors (Lipinski definition) is 1. The minimum absolute atomic E-state index is 0.0516. The summed E-state index contributed by atoms with van der Waals surface area (Å²) in [7, 11) is 0. The van der Waals surface area contributed by atoms with E-state index < -0.39 is 11.6 Å². The second-order valence-corrected chi connectivity index (χ2v) is 4.60. The van der Waals surface area contributed by atoms with E-state index in [9.17, 15) is 8.78 Å². The minimum Gasteiger partial charge on any atom is -0.364 e. The van der Waals surface area contributed by atoms with Crippen LogP contribution in [0.2, 0.25) is 0 Å². The molecule has 0 unspecified atom stereocenters. The van der Waals surface area contributed by atoms with E-state index in [0.29, 0.717) is 12.1 Å². The molecule has 0 bridgehead atoms. The Balaban J connectivity index is 3.19. The average Bonchev–Trinajstić information content (AvgIpc) is 2.26. The second kappa shape index (κ2) is 6.20. The molecule has 0 radical (unpaired) electrons. The summed E-state index contributed by atoms with van der Waals surface area (Å²) in [5, 5.41) is 0. The van der Waals surface area contributed by atoms with Gasteiger partial charge in [-0.15, -0.1) is 11.6 Å². The third-order valence-electron chi connectivity index (χ3n) is 2.61. The molecular weight excluding hydrogens is 244 g/mol. The molecule has 0 N–H and O–H groups in total. The maximum atomic E-state index is 13.9. The van der Waals surface area contributed by atoms with Gasteiger partial charge in [-0.1, -0.05) is 6.92 Å². The summed E-state index contributed by atoms with van der Waals surface area (Å²) >= 11 is 5.58. The summed E-state index contributed by atoms with van der Waals surface area (Å²) < 4.78 is 27.8. The van der Waals surface area contributed by atoms with Gasteiger partial charge in [0.05, 0.1) is 0 Å². The number of anilines is 1. The predicted octanol–water partition coefficient (Wildman–Crippen LogP) is 4.33. The summed E-state index contributed by atoms with van der Waals surface area (Å²) in [6.07, 6.45) is 0.842. The highest BCUT2D eigenvalue weighted by Gasteiger charge is 2.19. The number of hydrogen-bond donors (Lipinski definition) is 0. The van der Waals surface area contributed by atoms with Crippen molar-refractivity contribution in [3.63, 3.8) is 0 Å². The molecule has 1 rings (SSSR count). The molecule has 0 heterocycles. The molecule has 0 atom stereocenters. The number of rotatable bonds is 5. The van der Waals surface area contributed by atoms with Crippen molar-refractivity contribution in [1.82, 2.24) is 0 Å². The van der Waals surface area contributed by atoms with E-state index >= 15 is 0 Å². The third-order valence-corrected chi connectivity index (χ3v) is 2.91. The van der Waals surface area contributed by atoms with E-state index in [2.05, 4.69) is 0 Å². The van der Waals surface area contributed by atoms with Gasteiger partial charge in [-0.25, -0.2) is 8.78 Å². The van der Waals surface area contributed by atoms with Crippen LogP contribution in [-0.2, 0) is 5.88 Å². The summed E-state index contributed by atoms with van der Waals surface area (Å²) in [4.78, 5) is 1.74. The van der Waals surface area contributed by atoms with Crippen LogP contribution in [0.4, 0.5) is 14.5 Å². The predicted molar refractivity (Wildman–Crippen MR) is 68.7 cm³/mol. The zero-order chi connectivity index (χ0) is 13.0. The summed E-state index contributed by atoms with van der Waals surface area (Å²) in [5.41, 5.74) is 0.515. The van der Waals surface area contributed by atoms with Gasteiger partial charge in [-0.3, -0.25) is 0 Å². The van der Waals surface area contributed by atoms with Crippen LogP contribution in [0, 0.1) is 11.6 Å². The van der Waals surface area contributed by atoms with Gasteiger partial charge < -0.3 is 4.90 Å². The van der Waals surface area contributed by atoms with Crippen LogP contribution in [0.25, 0.3) is 0 Å². The summed E-state index contributed by atoms with van der Waals surface area (Å²) in [6.45, 7) is 6.46. The fourth-order valence-corrected chi connectivity index (χ4v) is 1.99. The standard InChI is InChI=1S/C13H18ClF2N/c1-4-5-17(9(2)3)13-11(15)6-10(8-14)7-12(13)16/h6-7,9H,4-5,8H2,1-3H3. The van der Waals surface area contributed by atoms with Crippen molar-refractivity contribution in [2.75, 3.05) is 11.4 Å². The van der Waals surface area contributed by atoms with Gasteiger partial charge in [-0.2, -0.15) is 0 Å². The van der Waals surface area contributed by atoms with Crippen LogP contribution in [0.1, 0.15) is 32.8 Å². The van der Waals surface area contributed by atoms with Crippen molar-refractivity contribution in [2.45, 2.75) is 39.1 Å². The van der Waals surface area contributed by atoms with E-state index in [-0.39, 0.29) is 17.6 Å². The highest BCUT2D eigenvalue weighted by atomic mass is 35.5. The Labute approximate surface area is 106 Å². The largest absolute Gasteiger partial charge is 0.364 e. The third kappa shape index (κ3) is 3.32. The molecule has 0 aliphatic rings. The zero-order valence-corrected chi connectivity index (χ0v) is 11.2. The fraction of sp³-hybridized carbons (Fsp3) is 0.538. The van der Waals surface area contributed by atoms with E-state index in [1.54, 1.807) is 4.90 Å². The molecule has 1 nitrogen and oxygen atoms in total. The highest BCUT2D eigenvalue weighted by molar-refractivity contribution is 6.17. The molecule has 1 aromatic rings. The van der Waals surface area contributed by atoms with E-state index in [0.717, 1.165) is 6.42 Å². The zero-order valence-electron chi connectivity index (χ0n) is 10.4. The van der Waals surface area contributed by atoms with Crippen molar-refractivity contribution in [3.05, 3.63) is 29.3 Å². The molecule has 0 amide bonds. The number of benzene rings is 1. The van der Waals surface area contributed by atoms with Crippen LogP contribution in [0.15, 0.2) is 12.1 Å². The maximum Gasteiger partial charge on any atom is 0.149 e. The van der Waals surface area contributed by atoms with Gasteiger partial charge >= 0.3 is 0 Å². The Morgan fingerprint density at radius 1 is 1.24 bits per heavy atom. The molecule has 0 spiro atoms. The topological polar surface area (TPSA) is 3.24 Å². The van der Waals surface area contributed by atoms with E-state index in [4.69, 9.17) is 11.6 Å². The van der Waals surface area contributed by atoms with Crippen molar-refractivity contribution in [3.8, 4) is 0 Å². The SMILES string of the molecule is CCCN(c1c(F)cc(CCl)cc1F)C(C)C. The van der Waals surface area contributed by atoms with Crippen molar-refractivity contribution < 1.29 is 8.78 Å². The first-order valence-corrected chi connectivity index (χ1v) is 6.35. The molecule has 0 aromatic heterocycles. The Kier molecular flexibility index (Phi) is 5.19. The summed E-state index contributed by atoms with van der Waals surface area (Å²) in [5.74, 6) is -0.963. The molecular formula is C13H18ClF2N. The van der Waals surface area contributed by atoms with Gasteiger partial charge in [-0.05, 0) is 38.0 Å². The lowest BCUT2D eigenvalue weighted by Gasteiger charge is -2.29. The van der Waals surface area contributed by atoms with E-state index in [1.807, 2.05) is 20.8 Å². The molecule has 96 valence electrons. The lowest BCUT2D eigenvalue weighted by molar-refractivity contribution is 0.551. The molecule has 0 aliphatic carbocycles. The van der Waals surface area contributed by atoms with Crippen LogP contribution in [-0.4, -0.2) is 12.6 Å². The monoisotopic (exact) mass is 261 g/mol. The summed E-state index contributed by atoms with van der Waals surface area (Å²) in [6, 6.07) is 2.66. The van der Waals surface area contributed by atoms with Gasteiger partial charge in [0.25, 0.3) is 0 Å². The van der Waals surface area contributed by atoms with Crippen LogP contribution in [0.5, 0.6) is 0 Å². The Morgan fingerprint density at radius 2 is 1.76 bits per heavy atom. The molecule has 0 fully saturated rings. The van der Waals surface area contributed by atoms with Gasteiger partial charge in [0.15, 0.2) is 0 Å². The van der Waals surface area contributed by atoms with Gasteiger partial charge in [0.2, 0.25) is 0 Å². The smallest absolute Gasteiger partial charge is 0.149 e. The quantitative estimate of drug-likeness (QED) is 0.713. The van der Waals surface area contributed by atoms with Crippen LogP contribution < -0.4 is 4.90 Å². The molecule has 0 saturated carbocycles. The Morgan fingerprint density at radius 3 is 2.12 bits per heavy atom. The molecule has 1 aromatic carbocycles. The van der Waals surface area contributed by atoms with Crippen molar-refractivity contribution >= 4 is 17.3 Å². The number of nitrogens with zero attached hydrogens (tertiary/aromatic N) is 1. The molecule has 4 heteroatoms. The first-order valence-electron chi connectivity index (χ1n) is 5.81. The van der Waals surface area contributed by atoms with Crippen molar-refractivity contribution in [2.24, 2.45) is 0 Å². The lowest BCUT2D eigenvalue weighted by Crippen LogP contribution is -2.33. The number of alkyl halides is 1. The van der Waals surface area contributed by atoms with E-state index in [1.165, 1.54) is 12.1 Å². The van der Waals surface area contributed by atoms with Crippen molar-refractivity contribution in [1.29, 1.82) is 0 Å². The Hall–Kier alpha value is -0.830. The average molecular weight is 262 g/mol.